The van der Waals surface area contributed by atoms with Gasteiger partial charge in [0.1, 0.15) is 0 Å². The molecule has 4 atom stereocenters. The zero-order valence-corrected chi connectivity index (χ0v) is 35.1. The maximum atomic E-state index is 2.84. The average molecular weight is 878 g/mol. The van der Waals surface area contributed by atoms with E-state index in [9.17, 15) is 0 Å². The van der Waals surface area contributed by atoms with Crippen LogP contribution in [0.25, 0.3) is 34.4 Å². The van der Waals surface area contributed by atoms with Crippen molar-refractivity contribution in [1.82, 2.24) is 0 Å². The molecule has 51 heavy (non-hydrogen) atoms. The Balaban J connectivity index is 0.00000187. The average Bonchev–Trinajstić information content (AvgIpc) is 3.44. The summed E-state index contributed by atoms with van der Waals surface area (Å²) in [4.78, 5) is 0. The minimum absolute atomic E-state index is 0. The van der Waals surface area contributed by atoms with Crippen molar-refractivity contribution >= 4 is 12.2 Å². The Bertz CT molecular complexity index is 1770. The largest absolute Gasteiger partial charge is 1.00 e. The molecule has 3 saturated carbocycles. The summed E-state index contributed by atoms with van der Waals surface area (Å²) < 4.78 is 3.61. The van der Waals surface area contributed by atoms with Gasteiger partial charge in [0.15, 0.2) is 0 Å². The molecule has 0 bridgehead atoms. The molecule has 10 rings (SSSR count). The predicted octanol–water partition coefficient (Wildman–Crippen LogP) is 8.08. The second-order valence-electron chi connectivity index (χ2n) is 16.7. The fourth-order valence-electron chi connectivity index (χ4n) is 12.5. The smallest absolute Gasteiger partial charge is 1.00 e. The van der Waals surface area contributed by atoms with E-state index in [1.807, 2.05) is 11.1 Å². The number of hydrogen-bond donors (Lipinski definition) is 0. The van der Waals surface area contributed by atoms with Crippen molar-refractivity contribution in [2.75, 3.05) is 0 Å². The van der Waals surface area contributed by atoms with Crippen molar-refractivity contribution in [3.05, 3.63) is 130 Å². The first-order valence-corrected chi connectivity index (χ1v) is 28.4. The van der Waals surface area contributed by atoms with Gasteiger partial charge in [0, 0.05) is 0 Å². The molecule has 5 aliphatic carbocycles. The van der Waals surface area contributed by atoms with Gasteiger partial charge in [-0.2, -0.15) is 0 Å². The van der Waals surface area contributed by atoms with Crippen LogP contribution >= 0.6 is 0 Å². The molecule has 0 N–H and O–H groups in total. The van der Waals surface area contributed by atoms with Crippen LogP contribution in [0.3, 0.4) is 0 Å². The van der Waals surface area contributed by atoms with Gasteiger partial charge in [0.25, 0.3) is 0 Å². The normalized spacial score (nSPS) is 27.1. The Morgan fingerprint density at radius 3 is 1.20 bits per heavy atom. The fraction of sp³-hybridized carbons (Fsp3) is 0.417. The van der Waals surface area contributed by atoms with Gasteiger partial charge in [0.05, 0.1) is 0 Å². The maximum absolute atomic E-state index is 3.31. The summed E-state index contributed by atoms with van der Waals surface area (Å²) in [7, 11) is 0. The van der Waals surface area contributed by atoms with Crippen LogP contribution in [0.1, 0.15) is 119 Å². The van der Waals surface area contributed by atoms with Gasteiger partial charge in [-0.3, -0.25) is 0 Å². The molecule has 0 nitrogen and oxygen atoms in total. The van der Waals surface area contributed by atoms with Crippen LogP contribution in [0.2, 0.25) is 7.35 Å². The molecular formula is C48H52Cl2Hf. The Kier molecular flexibility index (Phi) is 10.5. The maximum Gasteiger partial charge on any atom is -1.00 e. The van der Waals surface area contributed by atoms with Gasteiger partial charge in [-0.25, -0.2) is 0 Å². The van der Waals surface area contributed by atoms with E-state index in [0.29, 0.717) is 0 Å². The minimum Gasteiger partial charge on any atom is -1.00 e. The third-order valence-corrected chi connectivity index (χ3v) is 39.1. The van der Waals surface area contributed by atoms with Gasteiger partial charge in [-0.1, -0.05) is 0 Å². The first-order valence-electron chi connectivity index (χ1n) is 20.1. The number of allylic oxidation sites excluding steroid dienone is 2. The van der Waals surface area contributed by atoms with Crippen LogP contribution < -0.4 is 24.8 Å². The summed E-state index contributed by atoms with van der Waals surface area (Å²) in [5.74, 6) is 1.57. The summed E-state index contributed by atoms with van der Waals surface area (Å²) in [5, 5.41) is 0. The van der Waals surface area contributed by atoms with Crippen molar-refractivity contribution in [1.29, 1.82) is 0 Å². The van der Waals surface area contributed by atoms with Crippen LogP contribution in [0, 0.1) is 11.8 Å². The predicted molar refractivity (Wildman–Crippen MR) is 204 cm³/mol. The molecule has 1 saturated heterocycles. The summed E-state index contributed by atoms with van der Waals surface area (Å²) in [6.45, 7) is 0. The molecule has 4 aromatic carbocycles. The molecular weight excluding hydrogens is 826 g/mol. The SMILES string of the molecule is C1=C(C2CCCCC2)[CH]([Hf+2]2([CH]3C(C4CCCCC4)=Cc4c(-c5ccccc5)cccc43)[CH]3CCCC[CH]32)c2cccc(-c3ccccc3)c21.[Cl-].[Cl-]. The van der Waals surface area contributed by atoms with Gasteiger partial charge < -0.3 is 24.8 Å². The molecule has 3 heteroatoms. The summed E-state index contributed by atoms with van der Waals surface area (Å²) in [6, 6.07) is 37.8. The van der Waals surface area contributed by atoms with Crippen molar-refractivity contribution < 1.29 is 44.8 Å². The monoisotopic (exact) mass is 878 g/mol. The third-order valence-electron chi connectivity index (χ3n) is 14.5. The Hall–Kier alpha value is -2.19. The summed E-state index contributed by atoms with van der Waals surface area (Å²) >= 11 is -3.31. The molecule has 0 amide bonds. The van der Waals surface area contributed by atoms with Gasteiger partial charge in [0.2, 0.25) is 0 Å². The third kappa shape index (κ3) is 5.86. The Morgan fingerprint density at radius 2 is 0.784 bits per heavy atom. The topological polar surface area (TPSA) is 0 Å². The van der Waals surface area contributed by atoms with E-state index in [-0.39, 0.29) is 24.8 Å². The van der Waals surface area contributed by atoms with Crippen molar-refractivity contribution in [3.63, 3.8) is 0 Å². The second-order valence-corrected chi connectivity index (χ2v) is 33.3. The molecule has 6 aliphatic rings. The quantitative estimate of drug-likeness (QED) is 0.172. The molecule has 1 aliphatic heterocycles. The fourth-order valence-corrected chi connectivity index (χ4v) is 48.1. The van der Waals surface area contributed by atoms with Crippen LogP contribution in [0.15, 0.2) is 108 Å². The Morgan fingerprint density at radius 1 is 0.392 bits per heavy atom. The van der Waals surface area contributed by atoms with Crippen LogP contribution in [0.5, 0.6) is 0 Å². The van der Waals surface area contributed by atoms with E-state index in [1.165, 1.54) is 112 Å². The molecule has 0 spiro atoms. The zero-order chi connectivity index (χ0) is 32.4. The molecule has 262 valence electrons. The van der Waals surface area contributed by atoms with Crippen LogP contribution in [0.4, 0.5) is 0 Å². The van der Waals surface area contributed by atoms with Gasteiger partial charge in [-0.15, -0.1) is 0 Å². The summed E-state index contributed by atoms with van der Waals surface area (Å²) in [6.07, 6.45) is 25.9. The number of hydrogen-bond acceptors (Lipinski definition) is 0. The standard InChI is InChI=1S/2C21H21.C6H10.2ClH.Hf/c2*1-3-8-16(9-4-1)19-14-18-12-7-13-20(21(18)15-19)17-10-5-2-6-11-17;1-2-4-6-5-3-1;;;/h2*2,5-7,10-16H,1,3-4,8-9H2;1-2H,3-6H2;2*1H;/q;;;;;+2/p-2. The van der Waals surface area contributed by atoms with Crippen LogP contribution in [-0.4, -0.2) is 0 Å². The van der Waals surface area contributed by atoms with Crippen molar-refractivity contribution in [3.8, 4) is 22.3 Å². The first kappa shape index (κ1) is 35.8. The van der Waals surface area contributed by atoms with Gasteiger partial charge >= 0.3 is 301 Å². The molecule has 4 unspecified atom stereocenters. The molecule has 0 radical (unpaired) electrons. The second kappa shape index (κ2) is 14.9. The first-order chi connectivity index (χ1) is 24.3. The van der Waals surface area contributed by atoms with E-state index in [0.717, 1.165) is 26.5 Å². The van der Waals surface area contributed by atoms with Crippen molar-refractivity contribution in [2.24, 2.45) is 11.8 Å². The van der Waals surface area contributed by atoms with Crippen LogP contribution in [-0.2, 0) is 20.0 Å². The molecule has 4 fully saturated rings. The van der Waals surface area contributed by atoms with E-state index >= 15 is 0 Å². The minimum atomic E-state index is -3.31. The van der Waals surface area contributed by atoms with Crippen molar-refractivity contribution in [2.45, 2.75) is 105 Å². The van der Waals surface area contributed by atoms with E-state index in [4.69, 9.17) is 0 Å². The van der Waals surface area contributed by atoms with E-state index in [2.05, 4.69) is 109 Å². The number of benzene rings is 4. The molecule has 4 aromatic rings. The van der Waals surface area contributed by atoms with Gasteiger partial charge in [-0.05, 0) is 0 Å². The van der Waals surface area contributed by atoms with E-state index in [1.54, 1.807) is 22.3 Å². The zero-order valence-electron chi connectivity index (χ0n) is 30.0. The Labute approximate surface area is 323 Å². The number of fused-ring (bicyclic) bond motifs is 3. The summed E-state index contributed by atoms with van der Waals surface area (Å²) in [5.41, 5.74) is 16.4. The van der Waals surface area contributed by atoms with E-state index < -0.39 is 20.0 Å². The molecule has 1 heterocycles. The number of rotatable bonds is 6. The molecule has 0 aromatic heterocycles. The number of halogens is 2.